The molecule has 2 aliphatic rings. The number of fused-ring (bicyclic) bond motifs is 1. The summed E-state index contributed by atoms with van der Waals surface area (Å²) in [4.78, 5) is 27.2. The zero-order chi connectivity index (χ0) is 17.6. The molecule has 0 radical (unpaired) electrons. The molecule has 0 spiro atoms. The number of aryl methyl sites for hydroxylation is 1. The Kier molecular flexibility index (Phi) is 4.16. The number of aromatic amines is 1. The molecule has 4 rings (SSSR count). The largest absolute Gasteiger partial charge is 0.377 e. The van der Waals surface area contributed by atoms with Gasteiger partial charge in [-0.25, -0.2) is 9.97 Å². The van der Waals surface area contributed by atoms with Crippen LogP contribution in [-0.4, -0.2) is 52.6 Å². The van der Waals surface area contributed by atoms with Gasteiger partial charge in [-0.05, 0) is 6.92 Å². The quantitative estimate of drug-likeness (QED) is 0.856. The number of aromatic nitrogens is 4. The first-order valence-corrected chi connectivity index (χ1v) is 8.90. The molecule has 2 aromatic rings. The first kappa shape index (κ1) is 16.4. The molecule has 2 aromatic heterocycles. The van der Waals surface area contributed by atoms with E-state index in [1.165, 1.54) is 18.5 Å². The summed E-state index contributed by atoms with van der Waals surface area (Å²) < 4.78 is 22.8. The van der Waals surface area contributed by atoms with Crippen molar-refractivity contribution in [3.63, 3.8) is 0 Å². The molecule has 0 amide bonds. The smallest absolute Gasteiger partial charge is 0.288 e. The molecule has 4 heterocycles. The van der Waals surface area contributed by atoms with Gasteiger partial charge in [0.25, 0.3) is 5.56 Å². The van der Waals surface area contributed by atoms with Crippen molar-refractivity contribution in [2.24, 2.45) is 11.8 Å². The van der Waals surface area contributed by atoms with Crippen LogP contribution in [0.15, 0.2) is 4.79 Å². The number of nitrogens with zero attached hydrogens (tertiary/aromatic N) is 5. The van der Waals surface area contributed by atoms with E-state index in [4.69, 9.17) is 4.74 Å². The second-order valence-electron chi connectivity index (χ2n) is 6.55. The Labute approximate surface area is 147 Å². The van der Waals surface area contributed by atoms with Gasteiger partial charge >= 0.3 is 0 Å². The van der Waals surface area contributed by atoms with Gasteiger partial charge in [-0.1, -0.05) is 0 Å². The lowest BCUT2D eigenvalue weighted by Crippen LogP contribution is -2.31. The van der Waals surface area contributed by atoms with Crippen LogP contribution in [0.2, 0.25) is 0 Å². The number of hydrogen-bond acceptors (Lipinski definition) is 8. The third kappa shape index (κ3) is 2.99. The maximum Gasteiger partial charge on any atom is 0.288 e. The molecule has 2 saturated heterocycles. The van der Waals surface area contributed by atoms with Gasteiger partial charge in [0.15, 0.2) is 5.82 Å². The first-order chi connectivity index (χ1) is 12.0. The van der Waals surface area contributed by atoms with E-state index < -0.39 is 11.4 Å². The number of ether oxygens (including phenoxy) is 1. The van der Waals surface area contributed by atoms with Crippen LogP contribution >= 0.6 is 11.5 Å². The van der Waals surface area contributed by atoms with Crippen LogP contribution in [0, 0.1) is 24.6 Å². The minimum Gasteiger partial charge on any atom is -0.377 e. The maximum absolute atomic E-state index is 13.5. The van der Waals surface area contributed by atoms with Crippen molar-refractivity contribution in [1.82, 2.24) is 19.3 Å². The standard InChI is InChI=1S/C15H19FN6O2S/c1-8-12(16)13(23)19-14(17-8)21-3-9-5-22(6-10(9)4-21)15-18-11(7-24-2)20-25-15/h9-10H,3-7H2,1-2H3,(H,17,19,23). The normalized spacial score (nSPS) is 22.7. The Morgan fingerprint density at radius 1 is 1.24 bits per heavy atom. The Hall–Kier alpha value is -2.07. The average molecular weight is 366 g/mol. The van der Waals surface area contributed by atoms with Crippen molar-refractivity contribution < 1.29 is 9.13 Å². The summed E-state index contributed by atoms with van der Waals surface area (Å²) in [5, 5.41) is 0.928. The van der Waals surface area contributed by atoms with E-state index in [0.717, 1.165) is 31.3 Å². The highest BCUT2D eigenvalue weighted by molar-refractivity contribution is 7.09. The third-order valence-corrected chi connectivity index (χ3v) is 5.62. The van der Waals surface area contributed by atoms with E-state index in [1.807, 2.05) is 4.90 Å². The lowest BCUT2D eigenvalue weighted by molar-refractivity contribution is 0.179. The fourth-order valence-electron chi connectivity index (χ4n) is 3.59. The first-order valence-electron chi connectivity index (χ1n) is 8.13. The molecule has 8 nitrogen and oxygen atoms in total. The zero-order valence-electron chi connectivity index (χ0n) is 14.0. The third-order valence-electron chi connectivity index (χ3n) is 4.80. The van der Waals surface area contributed by atoms with E-state index in [-0.39, 0.29) is 5.69 Å². The molecular weight excluding hydrogens is 347 g/mol. The summed E-state index contributed by atoms with van der Waals surface area (Å²) in [6.45, 7) is 5.31. The summed E-state index contributed by atoms with van der Waals surface area (Å²) in [6.07, 6.45) is 0. The molecule has 0 saturated carbocycles. The van der Waals surface area contributed by atoms with Gasteiger partial charge < -0.3 is 14.5 Å². The van der Waals surface area contributed by atoms with Crippen molar-refractivity contribution in [2.75, 3.05) is 43.1 Å². The van der Waals surface area contributed by atoms with Crippen molar-refractivity contribution in [3.8, 4) is 0 Å². The van der Waals surface area contributed by atoms with Crippen molar-refractivity contribution in [1.29, 1.82) is 0 Å². The lowest BCUT2D eigenvalue weighted by Gasteiger charge is -2.21. The molecule has 2 unspecified atom stereocenters. The lowest BCUT2D eigenvalue weighted by atomic mass is 10.0. The van der Waals surface area contributed by atoms with E-state index in [9.17, 15) is 9.18 Å². The SMILES string of the molecule is COCc1nsc(N2CC3CN(c4nc(C)c(F)c(=O)[nH]4)CC3C2)n1. The average Bonchev–Trinajstić information content (AvgIpc) is 3.26. The molecule has 0 aromatic carbocycles. The van der Waals surface area contributed by atoms with E-state index in [2.05, 4.69) is 24.2 Å². The van der Waals surface area contributed by atoms with Crippen LogP contribution < -0.4 is 15.4 Å². The maximum atomic E-state index is 13.5. The number of hydrogen-bond donors (Lipinski definition) is 1. The second-order valence-corrected chi connectivity index (χ2v) is 7.28. The summed E-state index contributed by atoms with van der Waals surface area (Å²) >= 11 is 1.40. The summed E-state index contributed by atoms with van der Waals surface area (Å²) in [6, 6.07) is 0. The predicted octanol–water partition coefficient (Wildman–Crippen LogP) is 0.788. The molecule has 0 bridgehead atoms. The summed E-state index contributed by atoms with van der Waals surface area (Å²) in [5.74, 6) is 1.29. The van der Waals surface area contributed by atoms with Gasteiger partial charge in [-0.3, -0.25) is 9.78 Å². The Morgan fingerprint density at radius 2 is 1.92 bits per heavy atom. The number of nitrogens with one attached hydrogen (secondary N) is 1. The van der Waals surface area contributed by atoms with Crippen LogP contribution in [0.1, 0.15) is 11.5 Å². The van der Waals surface area contributed by atoms with Crippen LogP contribution in [0.25, 0.3) is 0 Å². The molecule has 2 fully saturated rings. The van der Waals surface area contributed by atoms with E-state index >= 15 is 0 Å². The van der Waals surface area contributed by atoms with Gasteiger partial charge in [0.05, 0.1) is 5.69 Å². The molecule has 2 aliphatic heterocycles. The van der Waals surface area contributed by atoms with Crippen LogP contribution in [0.3, 0.4) is 0 Å². The fourth-order valence-corrected chi connectivity index (χ4v) is 4.28. The van der Waals surface area contributed by atoms with Crippen molar-refractivity contribution >= 4 is 22.6 Å². The Bertz CT molecular complexity index is 826. The van der Waals surface area contributed by atoms with Gasteiger partial charge in [0.2, 0.25) is 16.9 Å². The van der Waals surface area contributed by atoms with Crippen molar-refractivity contribution in [3.05, 3.63) is 27.7 Å². The number of rotatable bonds is 4. The monoisotopic (exact) mass is 366 g/mol. The molecule has 0 aliphatic carbocycles. The molecule has 10 heteroatoms. The van der Waals surface area contributed by atoms with Crippen LogP contribution in [-0.2, 0) is 11.3 Å². The molecular formula is C15H19FN6O2S. The van der Waals surface area contributed by atoms with Gasteiger partial charge in [0, 0.05) is 56.7 Å². The molecule has 1 N–H and O–H groups in total. The van der Waals surface area contributed by atoms with Gasteiger partial charge in [0.1, 0.15) is 6.61 Å². The van der Waals surface area contributed by atoms with E-state index in [0.29, 0.717) is 30.2 Å². The highest BCUT2D eigenvalue weighted by atomic mass is 32.1. The number of H-pyrrole nitrogens is 1. The van der Waals surface area contributed by atoms with Crippen molar-refractivity contribution in [2.45, 2.75) is 13.5 Å². The second kappa shape index (κ2) is 6.34. The van der Waals surface area contributed by atoms with E-state index in [1.54, 1.807) is 7.11 Å². The zero-order valence-corrected chi connectivity index (χ0v) is 14.8. The number of methoxy groups -OCH3 is 1. The molecule has 134 valence electrons. The summed E-state index contributed by atoms with van der Waals surface area (Å²) in [5.41, 5.74) is -0.572. The number of halogens is 1. The molecule has 25 heavy (non-hydrogen) atoms. The Balaban J connectivity index is 1.44. The number of anilines is 2. The van der Waals surface area contributed by atoms with Gasteiger partial charge in [-0.2, -0.15) is 8.76 Å². The Morgan fingerprint density at radius 3 is 2.56 bits per heavy atom. The highest BCUT2D eigenvalue weighted by Gasteiger charge is 2.41. The minimum atomic E-state index is -0.808. The van der Waals surface area contributed by atoms with Gasteiger partial charge in [-0.15, -0.1) is 0 Å². The summed E-state index contributed by atoms with van der Waals surface area (Å²) in [7, 11) is 1.63. The molecule has 2 atom stereocenters. The van der Waals surface area contributed by atoms with Crippen LogP contribution in [0.5, 0.6) is 0 Å². The van der Waals surface area contributed by atoms with Crippen LogP contribution in [0.4, 0.5) is 15.5 Å². The minimum absolute atomic E-state index is 0.136. The predicted molar refractivity (Wildman–Crippen MR) is 91.6 cm³/mol. The highest BCUT2D eigenvalue weighted by Crippen LogP contribution is 2.35. The fraction of sp³-hybridized carbons (Fsp3) is 0.600. The topological polar surface area (TPSA) is 87.2 Å².